The van der Waals surface area contributed by atoms with Crippen molar-refractivity contribution in [2.24, 2.45) is 12.8 Å². The van der Waals surface area contributed by atoms with E-state index in [0.29, 0.717) is 6.54 Å². The van der Waals surface area contributed by atoms with Crippen LogP contribution >= 0.6 is 0 Å². The molecule has 7 heteroatoms. The molecule has 0 aliphatic rings. The van der Waals surface area contributed by atoms with Crippen LogP contribution in [0.4, 0.5) is 5.82 Å². The molecule has 0 saturated heterocycles. The number of aromatic amines is 1. The third-order valence-electron chi connectivity index (χ3n) is 4.64. The molecule has 0 saturated carbocycles. The summed E-state index contributed by atoms with van der Waals surface area (Å²) < 4.78 is 1.89. The predicted molar refractivity (Wildman–Crippen MR) is 105 cm³/mol. The fourth-order valence-electron chi connectivity index (χ4n) is 3.42. The molecule has 4 rings (SSSR count). The Labute approximate surface area is 151 Å². The van der Waals surface area contributed by atoms with Crippen LogP contribution in [0.25, 0.3) is 33.2 Å². The Morgan fingerprint density at radius 2 is 2.15 bits per heavy atom. The normalized spacial score (nSPS) is 11.5. The van der Waals surface area contributed by atoms with Crippen molar-refractivity contribution in [1.29, 1.82) is 0 Å². The van der Waals surface area contributed by atoms with Crippen LogP contribution in [0.5, 0.6) is 0 Å². The largest absolute Gasteiger partial charge is 0.355 e. The van der Waals surface area contributed by atoms with Gasteiger partial charge in [-0.2, -0.15) is 5.10 Å². The van der Waals surface area contributed by atoms with Crippen molar-refractivity contribution in [2.75, 3.05) is 24.5 Å². The van der Waals surface area contributed by atoms with E-state index in [9.17, 15) is 0 Å². The minimum absolute atomic E-state index is 0.588. The highest BCUT2D eigenvalue weighted by Crippen LogP contribution is 2.32. The maximum absolute atomic E-state index is 5.85. The highest BCUT2D eigenvalue weighted by Gasteiger charge is 2.17. The van der Waals surface area contributed by atoms with E-state index in [1.54, 1.807) is 6.20 Å². The van der Waals surface area contributed by atoms with Gasteiger partial charge in [0.25, 0.3) is 0 Å². The number of nitrogens with two attached hydrogens (primary N) is 1. The molecule has 134 valence electrons. The average molecular weight is 349 g/mol. The third kappa shape index (κ3) is 2.70. The van der Waals surface area contributed by atoms with Crippen molar-refractivity contribution in [3.05, 3.63) is 36.8 Å². The minimum atomic E-state index is 0.588. The molecule has 0 aromatic carbocycles. The first kappa shape index (κ1) is 16.5. The van der Waals surface area contributed by atoms with Crippen molar-refractivity contribution >= 4 is 27.8 Å². The molecule has 0 bridgehead atoms. The lowest BCUT2D eigenvalue weighted by molar-refractivity contribution is 0.755. The van der Waals surface area contributed by atoms with Gasteiger partial charge in [0.2, 0.25) is 0 Å². The highest BCUT2D eigenvalue weighted by molar-refractivity contribution is 5.97. The summed E-state index contributed by atoms with van der Waals surface area (Å²) in [7, 11) is 1.96. The van der Waals surface area contributed by atoms with E-state index < -0.39 is 0 Å². The van der Waals surface area contributed by atoms with Gasteiger partial charge >= 0.3 is 0 Å². The second-order valence-electron chi connectivity index (χ2n) is 6.41. The van der Waals surface area contributed by atoms with Crippen LogP contribution in [0.1, 0.15) is 13.3 Å². The first-order valence-corrected chi connectivity index (χ1v) is 8.93. The Balaban J connectivity index is 1.94. The van der Waals surface area contributed by atoms with Gasteiger partial charge in [0.15, 0.2) is 0 Å². The van der Waals surface area contributed by atoms with Crippen molar-refractivity contribution in [2.45, 2.75) is 13.3 Å². The molecule has 0 fully saturated rings. The number of hydrogen-bond donors (Lipinski definition) is 2. The van der Waals surface area contributed by atoms with E-state index in [1.807, 2.05) is 30.2 Å². The van der Waals surface area contributed by atoms with E-state index in [2.05, 4.69) is 39.0 Å². The average Bonchev–Trinajstić information content (AvgIpc) is 3.25. The lowest BCUT2D eigenvalue weighted by atomic mass is 10.1. The monoisotopic (exact) mass is 349 g/mol. The number of aromatic nitrogens is 5. The van der Waals surface area contributed by atoms with Crippen molar-refractivity contribution in [3.63, 3.8) is 0 Å². The number of nitrogens with zero attached hydrogens (tertiary/aromatic N) is 5. The molecule has 0 spiro atoms. The van der Waals surface area contributed by atoms with E-state index >= 15 is 0 Å². The van der Waals surface area contributed by atoms with Gasteiger partial charge in [-0.05, 0) is 24.6 Å². The lowest BCUT2D eigenvalue weighted by Gasteiger charge is -2.23. The molecular weight excluding hydrogens is 326 g/mol. The standard InChI is InChI=1S/C19H23N7/c1-3-8-26(9-6-20)19-15-12-23-25(2)17(15)10-16(24-19)14-11-22-18-13(14)5-4-7-21-18/h4-5,7,10-12H,3,6,8-9,20H2,1-2H3,(H,21,22). The fourth-order valence-corrected chi connectivity index (χ4v) is 3.42. The van der Waals surface area contributed by atoms with Crippen LogP contribution in [0, 0.1) is 0 Å². The second kappa shape index (κ2) is 6.76. The molecule has 0 amide bonds. The lowest BCUT2D eigenvalue weighted by Crippen LogP contribution is -2.31. The smallest absolute Gasteiger partial charge is 0.140 e. The van der Waals surface area contributed by atoms with Crippen molar-refractivity contribution < 1.29 is 0 Å². The zero-order chi connectivity index (χ0) is 18.1. The summed E-state index contributed by atoms with van der Waals surface area (Å²) in [4.78, 5) is 14.9. The number of anilines is 1. The molecular formula is C19H23N7. The number of rotatable bonds is 6. The van der Waals surface area contributed by atoms with Crippen molar-refractivity contribution in [3.8, 4) is 11.3 Å². The van der Waals surface area contributed by atoms with Gasteiger partial charge in [-0.1, -0.05) is 6.92 Å². The number of fused-ring (bicyclic) bond motifs is 2. The highest BCUT2D eigenvalue weighted by atomic mass is 15.3. The molecule has 0 unspecified atom stereocenters. The summed E-state index contributed by atoms with van der Waals surface area (Å²) in [5, 5.41) is 6.56. The summed E-state index contributed by atoms with van der Waals surface area (Å²) in [5.74, 6) is 0.941. The number of aryl methyl sites for hydroxylation is 1. The van der Waals surface area contributed by atoms with Gasteiger partial charge in [0, 0.05) is 50.0 Å². The summed E-state index contributed by atoms with van der Waals surface area (Å²) in [6.07, 6.45) is 6.68. The molecule has 26 heavy (non-hydrogen) atoms. The number of H-pyrrole nitrogens is 1. The van der Waals surface area contributed by atoms with Crippen LogP contribution < -0.4 is 10.6 Å². The Kier molecular flexibility index (Phi) is 4.30. The molecule has 4 aromatic rings. The minimum Gasteiger partial charge on any atom is -0.355 e. The topological polar surface area (TPSA) is 88.7 Å². The van der Waals surface area contributed by atoms with Crippen LogP contribution in [-0.2, 0) is 7.05 Å². The van der Waals surface area contributed by atoms with E-state index in [-0.39, 0.29) is 0 Å². The molecule has 0 atom stereocenters. The Morgan fingerprint density at radius 3 is 2.96 bits per heavy atom. The van der Waals surface area contributed by atoms with E-state index in [4.69, 9.17) is 10.7 Å². The summed E-state index contributed by atoms with van der Waals surface area (Å²) >= 11 is 0. The van der Waals surface area contributed by atoms with Gasteiger partial charge in [-0.25, -0.2) is 9.97 Å². The Hall–Kier alpha value is -2.93. The molecule has 4 heterocycles. The van der Waals surface area contributed by atoms with Crippen LogP contribution in [0.15, 0.2) is 36.8 Å². The summed E-state index contributed by atoms with van der Waals surface area (Å²) in [6.45, 7) is 4.43. The van der Waals surface area contributed by atoms with Gasteiger partial charge in [-0.3, -0.25) is 4.68 Å². The Bertz CT molecular complexity index is 1040. The van der Waals surface area contributed by atoms with Gasteiger partial charge in [-0.15, -0.1) is 0 Å². The Morgan fingerprint density at radius 1 is 1.27 bits per heavy atom. The summed E-state index contributed by atoms with van der Waals surface area (Å²) in [6, 6.07) is 6.10. The van der Waals surface area contributed by atoms with Crippen LogP contribution in [-0.4, -0.2) is 44.4 Å². The van der Waals surface area contributed by atoms with Crippen LogP contribution in [0.2, 0.25) is 0 Å². The van der Waals surface area contributed by atoms with Gasteiger partial charge in [0.1, 0.15) is 11.5 Å². The van der Waals surface area contributed by atoms with Crippen LogP contribution in [0.3, 0.4) is 0 Å². The molecule has 0 radical (unpaired) electrons. The number of nitrogens with one attached hydrogen (secondary N) is 1. The van der Waals surface area contributed by atoms with Crippen molar-refractivity contribution in [1.82, 2.24) is 24.7 Å². The molecule has 0 aliphatic carbocycles. The SMILES string of the molecule is CCCN(CCN)c1nc(-c2c[nH]c3ncccc23)cc2c1cnn2C. The first-order valence-electron chi connectivity index (χ1n) is 8.93. The molecule has 3 N–H and O–H groups in total. The zero-order valence-electron chi connectivity index (χ0n) is 15.1. The van der Waals surface area contributed by atoms with E-state index in [1.165, 1.54) is 0 Å². The molecule has 4 aromatic heterocycles. The third-order valence-corrected chi connectivity index (χ3v) is 4.64. The van der Waals surface area contributed by atoms with Gasteiger partial charge in [0.05, 0.1) is 22.8 Å². The molecule has 0 aliphatic heterocycles. The number of hydrogen-bond acceptors (Lipinski definition) is 5. The quantitative estimate of drug-likeness (QED) is 0.559. The maximum atomic E-state index is 5.85. The fraction of sp³-hybridized carbons (Fsp3) is 0.316. The second-order valence-corrected chi connectivity index (χ2v) is 6.41. The summed E-state index contributed by atoms with van der Waals surface area (Å²) in [5.41, 5.74) is 9.72. The van der Waals surface area contributed by atoms with E-state index in [0.717, 1.165) is 58.5 Å². The predicted octanol–water partition coefficient (Wildman–Crippen LogP) is 2.69. The molecule has 7 nitrogen and oxygen atoms in total. The van der Waals surface area contributed by atoms with Gasteiger partial charge < -0.3 is 15.6 Å². The maximum Gasteiger partial charge on any atom is 0.140 e. The number of pyridine rings is 2. The first-order chi connectivity index (χ1) is 12.7. The zero-order valence-corrected chi connectivity index (χ0v) is 15.1.